The van der Waals surface area contributed by atoms with Crippen molar-refractivity contribution in [2.24, 2.45) is 11.8 Å². The summed E-state index contributed by atoms with van der Waals surface area (Å²) in [6, 6.07) is 5.55. The lowest BCUT2D eigenvalue weighted by atomic mass is 9.92. The Morgan fingerprint density at radius 3 is 2.45 bits per heavy atom. The van der Waals surface area contributed by atoms with E-state index in [4.69, 9.17) is 9.47 Å². The molecule has 2 atom stereocenters. The molecule has 2 unspecified atom stereocenters. The van der Waals surface area contributed by atoms with Crippen molar-refractivity contribution in [3.8, 4) is 11.5 Å². The molecular formula is C18H25NO3. The fraction of sp³-hybridized carbons (Fsp3) is 0.500. The molecule has 0 spiro atoms. The van der Waals surface area contributed by atoms with Crippen LogP contribution in [0.5, 0.6) is 11.5 Å². The normalized spacial score (nSPS) is 21.9. The van der Waals surface area contributed by atoms with Crippen LogP contribution in [0.25, 0.3) is 6.08 Å². The van der Waals surface area contributed by atoms with Gasteiger partial charge in [-0.25, -0.2) is 0 Å². The second kappa shape index (κ2) is 7.34. The van der Waals surface area contributed by atoms with Crippen LogP contribution in [-0.2, 0) is 4.79 Å². The number of benzene rings is 1. The predicted octanol–water partition coefficient (Wildman–Crippen LogP) is 3.22. The molecule has 1 amide bonds. The minimum atomic E-state index is 0.0586. The average Bonchev–Trinajstić information content (AvgIpc) is 2.51. The van der Waals surface area contributed by atoms with E-state index in [2.05, 4.69) is 13.8 Å². The number of carbonyl (C=O) groups excluding carboxylic acids is 1. The molecule has 0 aliphatic carbocycles. The van der Waals surface area contributed by atoms with Crippen LogP contribution in [0.15, 0.2) is 24.3 Å². The molecule has 0 N–H and O–H groups in total. The standard InChI is InChI=1S/C18H25NO3/c1-13-9-14(2)12-19(11-13)18(20)8-5-15-10-16(21-3)6-7-17(15)22-4/h5-8,10,13-14H,9,11-12H2,1-4H3/b8-5+. The number of ether oxygens (including phenoxy) is 2. The number of likely N-dealkylation sites (tertiary alicyclic amines) is 1. The maximum atomic E-state index is 12.4. The second-order valence-electron chi connectivity index (χ2n) is 6.13. The Morgan fingerprint density at radius 2 is 1.86 bits per heavy atom. The van der Waals surface area contributed by atoms with E-state index in [1.54, 1.807) is 26.4 Å². The maximum absolute atomic E-state index is 12.4. The van der Waals surface area contributed by atoms with E-state index in [1.807, 2.05) is 23.1 Å². The van der Waals surface area contributed by atoms with Gasteiger partial charge in [0.2, 0.25) is 5.91 Å². The summed E-state index contributed by atoms with van der Waals surface area (Å²) >= 11 is 0. The molecule has 4 nitrogen and oxygen atoms in total. The highest BCUT2D eigenvalue weighted by molar-refractivity contribution is 5.92. The van der Waals surface area contributed by atoms with Crippen molar-refractivity contribution in [2.75, 3.05) is 27.3 Å². The molecule has 1 saturated heterocycles. The van der Waals surface area contributed by atoms with Gasteiger partial charge in [-0.1, -0.05) is 13.8 Å². The van der Waals surface area contributed by atoms with Crippen LogP contribution in [0.4, 0.5) is 0 Å². The van der Waals surface area contributed by atoms with Gasteiger partial charge in [-0.05, 0) is 42.5 Å². The van der Waals surface area contributed by atoms with Crippen LogP contribution < -0.4 is 9.47 Å². The summed E-state index contributed by atoms with van der Waals surface area (Å²) in [5, 5.41) is 0. The van der Waals surface area contributed by atoms with Gasteiger partial charge in [0.15, 0.2) is 0 Å². The number of carbonyl (C=O) groups is 1. The number of hydrogen-bond donors (Lipinski definition) is 0. The molecule has 0 bridgehead atoms. The zero-order valence-electron chi connectivity index (χ0n) is 13.8. The van der Waals surface area contributed by atoms with E-state index in [9.17, 15) is 4.79 Å². The van der Waals surface area contributed by atoms with Crippen molar-refractivity contribution in [3.63, 3.8) is 0 Å². The minimum absolute atomic E-state index is 0.0586. The van der Waals surface area contributed by atoms with Crippen molar-refractivity contribution >= 4 is 12.0 Å². The maximum Gasteiger partial charge on any atom is 0.246 e. The first-order chi connectivity index (χ1) is 10.5. The molecule has 22 heavy (non-hydrogen) atoms. The van der Waals surface area contributed by atoms with Gasteiger partial charge in [-0.15, -0.1) is 0 Å². The van der Waals surface area contributed by atoms with Gasteiger partial charge in [0, 0.05) is 24.7 Å². The van der Waals surface area contributed by atoms with Crippen molar-refractivity contribution in [2.45, 2.75) is 20.3 Å². The van der Waals surface area contributed by atoms with Crippen LogP contribution in [0, 0.1) is 11.8 Å². The van der Waals surface area contributed by atoms with E-state index in [0.29, 0.717) is 11.8 Å². The largest absolute Gasteiger partial charge is 0.497 e. The summed E-state index contributed by atoms with van der Waals surface area (Å²) < 4.78 is 10.5. The van der Waals surface area contributed by atoms with E-state index >= 15 is 0 Å². The fourth-order valence-electron chi connectivity index (χ4n) is 3.08. The van der Waals surface area contributed by atoms with Crippen molar-refractivity contribution < 1.29 is 14.3 Å². The molecule has 1 aliphatic heterocycles. The van der Waals surface area contributed by atoms with Crippen molar-refractivity contribution in [1.82, 2.24) is 4.90 Å². The Morgan fingerprint density at radius 1 is 1.18 bits per heavy atom. The van der Waals surface area contributed by atoms with E-state index in [0.717, 1.165) is 30.2 Å². The highest BCUT2D eigenvalue weighted by Gasteiger charge is 2.24. The van der Waals surface area contributed by atoms with E-state index in [-0.39, 0.29) is 5.91 Å². The first-order valence-electron chi connectivity index (χ1n) is 7.72. The number of methoxy groups -OCH3 is 2. The van der Waals surface area contributed by atoms with Gasteiger partial charge in [0.05, 0.1) is 14.2 Å². The Bertz CT molecular complexity index is 543. The molecule has 1 aromatic rings. The molecule has 2 rings (SSSR count). The number of piperidine rings is 1. The van der Waals surface area contributed by atoms with Crippen molar-refractivity contribution in [1.29, 1.82) is 0 Å². The number of rotatable bonds is 4. The van der Waals surface area contributed by atoms with Gasteiger partial charge in [0.1, 0.15) is 11.5 Å². The SMILES string of the molecule is COc1ccc(OC)c(/C=C/C(=O)N2CC(C)CC(C)C2)c1. The number of amides is 1. The second-order valence-corrected chi connectivity index (χ2v) is 6.13. The lowest BCUT2D eigenvalue weighted by Gasteiger charge is -2.34. The van der Waals surface area contributed by atoms with E-state index in [1.165, 1.54) is 6.42 Å². The zero-order chi connectivity index (χ0) is 16.1. The van der Waals surface area contributed by atoms with E-state index < -0.39 is 0 Å². The third-order valence-corrected chi connectivity index (χ3v) is 4.02. The van der Waals surface area contributed by atoms with Gasteiger partial charge in [0.25, 0.3) is 0 Å². The smallest absolute Gasteiger partial charge is 0.246 e. The lowest BCUT2D eigenvalue weighted by Crippen LogP contribution is -2.41. The Labute approximate surface area is 132 Å². The third-order valence-electron chi connectivity index (χ3n) is 4.02. The summed E-state index contributed by atoms with van der Waals surface area (Å²) in [5.41, 5.74) is 0.841. The Kier molecular flexibility index (Phi) is 5.47. The highest BCUT2D eigenvalue weighted by atomic mass is 16.5. The van der Waals surface area contributed by atoms with Crippen molar-refractivity contribution in [3.05, 3.63) is 29.8 Å². The minimum Gasteiger partial charge on any atom is -0.497 e. The van der Waals surface area contributed by atoms with Crippen LogP contribution in [0.3, 0.4) is 0 Å². The summed E-state index contributed by atoms with van der Waals surface area (Å²) in [7, 11) is 3.24. The molecule has 1 heterocycles. The summed E-state index contributed by atoms with van der Waals surface area (Å²) in [6.45, 7) is 6.07. The number of nitrogens with zero attached hydrogens (tertiary/aromatic N) is 1. The molecular weight excluding hydrogens is 278 g/mol. The predicted molar refractivity (Wildman–Crippen MR) is 88.1 cm³/mol. The van der Waals surface area contributed by atoms with Crippen LogP contribution in [0.1, 0.15) is 25.8 Å². The van der Waals surface area contributed by atoms with Gasteiger partial charge in [-0.3, -0.25) is 4.79 Å². The molecule has 4 heteroatoms. The molecule has 1 aliphatic rings. The molecule has 120 valence electrons. The Hall–Kier alpha value is -1.97. The van der Waals surface area contributed by atoms with Crippen LogP contribution in [-0.4, -0.2) is 38.1 Å². The quantitative estimate of drug-likeness (QED) is 0.802. The molecule has 0 aromatic heterocycles. The first kappa shape index (κ1) is 16.4. The van der Waals surface area contributed by atoms with Crippen LogP contribution in [0.2, 0.25) is 0 Å². The summed E-state index contributed by atoms with van der Waals surface area (Å²) in [4.78, 5) is 14.3. The topological polar surface area (TPSA) is 38.8 Å². The van der Waals surface area contributed by atoms with Gasteiger partial charge >= 0.3 is 0 Å². The molecule has 1 fully saturated rings. The molecule has 0 radical (unpaired) electrons. The average molecular weight is 303 g/mol. The number of hydrogen-bond acceptors (Lipinski definition) is 3. The molecule has 1 aromatic carbocycles. The third kappa shape index (κ3) is 4.03. The van der Waals surface area contributed by atoms with Gasteiger partial charge < -0.3 is 14.4 Å². The lowest BCUT2D eigenvalue weighted by molar-refractivity contribution is -0.128. The Balaban J connectivity index is 2.12. The monoisotopic (exact) mass is 303 g/mol. The fourth-order valence-corrected chi connectivity index (χ4v) is 3.08. The molecule has 0 saturated carbocycles. The van der Waals surface area contributed by atoms with Gasteiger partial charge in [-0.2, -0.15) is 0 Å². The zero-order valence-corrected chi connectivity index (χ0v) is 13.8. The summed E-state index contributed by atoms with van der Waals surface area (Å²) in [6.07, 6.45) is 4.62. The first-order valence-corrected chi connectivity index (χ1v) is 7.72. The van der Waals surface area contributed by atoms with Crippen LogP contribution >= 0.6 is 0 Å². The summed E-state index contributed by atoms with van der Waals surface area (Å²) in [5.74, 6) is 2.65. The highest BCUT2D eigenvalue weighted by Crippen LogP contribution is 2.26.